The summed E-state index contributed by atoms with van der Waals surface area (Å²) in [7, 11) is 1.68. The van der Waals surface area contributed by atoms with Gasteiger partial charge >= 0.3 is 0 Å². The maximum absolute atomic E-state index is 5.57. The molecular formula is C9H20N2O2. The lowest BCUT2D eigenvalue weighted by atomic mass is 10.0. The zero-order valence-electron chi connectivity index (χ0n) is 8.37. The number of hydrogen-bond acceptors (Lipinski definition) is 4. The summed E-state index contributed by atoms with van der Waals surface area (Å²) in [6.07, 6.45) is 1.24. The first kappa shape index (κ1) is 10.9. The molecule has 4 heteroatoms. The van der Waals surface area contributed by atoms with Gasteiger partial charge in [-0.05, 0) is 6.42 Å². The van der Waals surface area contributed by atoms with E-state index in [2.05, 4.69) is 4.90 Å². The summed E-state index contributed by atoms with van der Waals surface area (Å²) in [6.45, 7) is 5.12. The van der Waals surface area contributed by atoms with Gasteiger partial charge in [-0.1, -0.05) is 0 Å². The Morgan fingerprint density at radius 1 is 1.38 bits per heavy atom. The topological polar surface area (TPSA) is 47.7 Å². The fourth-order valence-corrected chi connectivity index (χ4v) is 1.48. The van der Waals surface area contributed by atoms with Crippen LogP contribution < -0.4 is 5.73 Å². The number of methoxy groups -OCH3 is 1. The van der Waals surface area contributed by atoms with E-state index in [1.54, 1.807) is 7.11 Å². The predicted octanol–water partition coefficient (Wildman–Crippen LogP) is -0.318. The number of ether oxygens (including phenoxy) is 2. The van der Waals surface area contributed by atoms with Crippen molar-refractivity contribution in [2.24, 2.45) is 5.73 Å². The van der Waals surface area contributed by atoms with E-state index in [0.29, 0.717) is 19.3 Å². The van der Waals surface area contributed by atoms with Crippen molar-refractivity contribution in [3.63, 3.8) is 0 Å². The fraction of sp³-hybridized carbons (Fsp3) is 1.00. The Kier molecular flexibility index (Phi) is 5.31. The summed E-state index contributed by atoms with van der Waals surface area (Å²) >= 11 is 0. The number of rotatable bonds is 7. The molecule has 0 radical (unpaired) electrons. The third-order valence-electron chi connectivity index (χ3n) is 2.49. The first-order valence-corrected chi connectivity index (χ1v) is 4.89. The predicted molar refractivity (Wildman–Crippen MR) is 51.7 cm³/mol. The molecule has 0 aliphatic carbocycles. The lowest BCUT2D eigenvalue weighted by Crippen LogP contribution is -2.52. The van der Waals surface area contributed by atoms with Crippen LogP contribution in [0.4, 0.5) is 0 Å². The van der Waals surface area contributed by atoms with Gasteiger partial charge in [-0.2, -0.15) is 0 Å². The van der Waals surface area contributed by atoms with Gasteiger partial charge in [0, 0.05) is 32.8 Å². The number of likely N-dealkylation sites (tertiary alicyclic amines) is 1. The van der Waals surface area contributed by atoms with E-state index in [9.17, 15) is 0 Å². The molecule has 1 rings (SSSR count). The Hall–Kier alpha value is -0.160. The molecule has 1 saturated heterocycles. The minimum atomic E-state index is 0.603. The summed E-state index contributed by atoms with van der Waals surface area (Å²) in [5, 5.41) is 0. The van der Waals surface area contributed by atoms with Gasteiger partial charge in [0.2, 0.25) is 0 Å². The van der Waals surface area contributed by atoms with Gasteiger partial charge in [0.1, 0.15) is 0 Å². The molecule has 0 aromatic carbocycles. The molecule has 0 aromatic rings. The highest BCUT2D eigenvalue weighted by Crippen LogP contribution is 2.14. The van der Waals surface area contributed by atoms with Crippen LogP contribution in [0.2, 0.25) is 0 Å². The molecule has 0 aromatic heterocycles. The first-order chi connectivity index (χ1) is 6.38. The van der Waals surface area contributed by atoms with Crippen LogP contribution in [0.1, 0.15) is 6.42 Å². The molecule has 0 spiro atoms. The Balaban J connectivity index is 1.88. The van der Waals surface area contributed by atoms with Crippen molar-refractivity contribution in [1.82, 2.24) is 4.90 Å². The van der Waals surface area contributed by atoms with E-state index in [0.717, 1.165) is 19.7 Å². The van der Waals surface area contributed by atoms with Crippen LogP contribution in [0.5, 0.6) is 0 Å². The van der Waals surface area contributed by atoms with Crippen LogP contribution in [0, 0.1) is 0 Å². The zero-order chi connectivity index (χ0) is 9.52. The third-order valence-corrected chi connectivity index (χ3v) is 2.49. The van der Waals surface area contributed by atoms with Gasteiger partial charge < -0.3 is 15.2 Å². The monoisotopic (exact) mass is 188 g/mol. The quantitative estimate of drug-likeness (QED) is 0.556. The molecule has 0 amide bonds. The maximum Gasteiger partial charge on any atom is 0.0700 e. The fourth-order valence-electron chi connectivity index (χ4n) is 1.48. The molecule has 1 fully saturated rings. The van der Waals surface area contributed by atoms with E-state index < -0.39 is 0 Å². The van der Waals surface area contributed by atoms with Crippen LogP contribution in [0.3, 0.4) is 0 Å². The molecule has 13 heavy (non-hydrogen) atoms. The van der Waals surface area contributed by atoms with Gasteiger partial charge in [0.25, 0.3) is 0 Å². The van der Waals surface area contributed by atoms with Gasteiger partial charge in [0.05, 0.1) is 19.8 Å². The minimum absolute atomic E-state index is 0.603. The van der Waals surface area contributed by atoms with Crippen molar-refractivity contribution >= 4 is 0 Å². The van der Waals surface area contributed by atoms with Gasteiger partial charge in [-0.15, -0.1) is 0 Å². The normalized spacial score (nSPS) is 23.1. The molecule has 1 aliphatic rings. The van der Waals surface area contributed by atoms with Gasteiger partial charge in [-0.25, -0.2) is 0 Å². The summed E-state index contributed by atoms with van der Waals surface area (Å²) in [5.74, 6) is 0. The second kappa shape index (κ2) is 6.32. The van der Waals surface area contributed by atoms with Crippen LogP contribution in [-0.2, 0) is 9.47 Å². The van der Waals surface area contributed by atoms with E-state index in [1.807, 2.05) is 0 Å². The van der Waals surface area contributed by atoms with Crippen LogP contribution in [0.15, 0.2) is 0 Å². The Bertz CT molecular complexity index is 131. The summed E-state index contributed by atoms with van der Waals surface area (Å²) in [6, 6.07) is 0.603. The molecule has 4 nitrogen and oxygen atoms in total. The van der Waals surface area contributed by atoms with Crippen molar-refractivity contribution in [2.45, 2.75) is 12.5 Å². The summed E-state index contributed by atoms with van der Waals surface area (Å²) in [5.41, 5.74) is 5.57. The van der Waals surface area contributed by atoms with Crippen molar-refractivity contribution in [2.75, 3.05) is 46.6 Å². The van der Waals surface area contributed by atoms with E-state index >= 15 is 0 Å². The van der Waals surface area contributed by atoms with Gasteiger partial charge in [0.15, 0.2) is 0 Å². The Morgan fingerprint density at radius 2 is 2.23 bits per heavy atom. The highest BCUT2D eigenvalue weighted by Gasteiger charge is 2.25. The van der Waals surface area contributed by atoms with Crippen molar-refractivity contribution < 1.29 is 9.47 Å². The second-order valence-electron chi connectivity index (χ2n) is 3.32. The Morgan fingerprint density at radius 3 is 2.77 bits per heavy atom. The standard InChI is InChI=1S/C9H20N2O2/c1-12-6-7-13-5-4-11-3-2-9(11)8-10/h9H,2-8,10H2,1H3. The lowest BCUT2D eigenvalue weighted by molar-refractivity contribution is 0.0256. The average molecular weight is 188 g/mol. The van der Waals surface area contributed by atoms with E-state index in [-0.39, 0.29) is 0 Å². The zero-order valence-corrected chi connectivity index (χ0v) is 8.37. The summed E-state index contributed by atoms with van der Waals surface area (Å²) < 4.78 is 10.2. The largest absolute Gasteiger partial charge is 0.382 e. The van der Waals surface area contributed by atoms with E-state index in [1.165, 1.54) is 13.0 Å². The summed E-state index contributed by atoms with van der Waals surface area (Å²) in [4.78, 5) is 2.37. The van der Waals surface area contributed by atoms with Gasteiger partial charge in [-0.3, -0.25) is 4.90 Å². The van der Waals surface area contributed by atoms with Crippen molar-refractivity contribution in [3.8, 4) is 0 Å². The molecule has 1 aliphatic heterocycles. The van der Waals surface area contributed by atoms with Crippen molar-refractivity contribution in [3.05, 3.63) is 0 Å². The third kappa shape index (κ3) is 3.60. The molecule has 2 N–H and O–H groups in total. The highest BCUT2D eigenvalue weighted by molar-refractivity contribution is 4.82. The number of nitrogens with two attached hydrogens (primary N) is 1. The SMILES string of the molecule is COCCOCCN1CCC1CN. The number of hydrogen-bond donors (Lipinski definition) is 1. The Labute approximate surface area is 80.0 Å². The molecule has 0 bridgehead atoms. The van der Waals surface area contributed by atoms with Crippen LogP contribution in [-0.4, -0.2) is 57.5 Å². The molecule has 0 saturated carbocycles. The molecular weight excluding hydrogens is 168 g/mol. The van der Waals surface area contributed by atoms with E-state index in [4.69, 9.17) is 15.2 Å². The molecule has 1 heterocycles. The minimum Gasteiger partial charge on any atom is -0.382 e. The molecule has 1 unspecified atom stereocenters. The van der Waals surface area contributed by atoms with Crippen LogP contribution in [0.25, 0.3) is 0 Å². The molecule has 1 atom stereocenters. The van der Waals surface area contributed by atoms with Crippen molar-refractivity contribution in [1.29, 1.82) is 0 Å². The molecule has 78 valence electrons. The highest BCUT2D eigenvalue weighted by atomic mass is 16.5. The number of nitrogens with zero attached hydrogens (tertiary/aromatic N) is 1. The maximum atomic E-state index is 5.57. The lowest BCUT2D eigenvalue weighted by Gasteiger charge is -2.40. The smallest absolute Gasteiger partial charge is 0.0700 e. The van der Waals surface area contributed by atoms with Crippen LogP contribution >= 0.6 is 0 Å². The second-order valence-corrected chi connectivity index (χ2v) is 3.32. The first-order valence-electron chi connectivity index (χ1n) is 4.89. The average Bonchev–Trinajstić information content (AvgIpc) is 2.10.